The van der Waals surface area contributed by atoms with Crippen LogP contribution in [0.15, 0.2) is 58.2 Å². The van der Waals surface area contributed by atoms with Crippen LogP contribution in [0.4, 0.5) is 0 Å². The predicted molar refractivity (Wildman–Crippen MR) is 83.3 cm³/mol. The second kappa shape index (κ2) is 6.28. The Hall–Kier alpha value is -1.85. The van der Waals surface area contributed by atoms with Gasteiger partial charge in [0.1, 0.15) is 0 Å². The minimum absolute atomic E-state index is 0.0593. The Bertz CT molecular complexity index is 715. The van der Waals surface area contributed by atoms with Crippen LogP contribution in [0.1, 0.15) is 18.1 Å². The van der Waals surface area contributed by atoms with Gasteiger partial charge >= 0.3 is 0 Å². The molecule has 0 bridgehead atoms. The van der Waals surface area contributed by atoms with Gasteiger partial charge in [0.2, 0.25) is 11.7 Å². The first-order valence-electron chi connectivity index (χ1n) is 6.38. The summed E-state index contributed by atoms with van der Waals surface area (Å²) in [5, 5.41) is 4.79. The Kier molecular flexibility index (Phi) is 4.22. The Labute approximate surface area is 131 Å². The van der Waals surface area contributed by atoms with Crippen molar-refractivity contribution in [2.45, 2.75) is 17.1 Å². The number of halogens is 1. The standard InChI is InChI=1S/C15H12ClN3OS/c1-10(21-13-6-4-12(16)5-7-13)15-18-14(19-20-15)11-3-2-8-17-9-11/h2-10H,1H3. The molecule has 0 saturated heterocycles. The van der Waals surface area contributed by atoms with Crippen molar-refractivity contribution < 1.29 is 4.52 Å². The van der Waals surface area contributed by atoms with Crippen LogP contribution >= 0.6 is 23.4 Å². The van der Waals surface area contributed by atoms with E-state index >= 15 is 0 Å². The summed E-state index contributed by atoms with van der Waals surface area (Å²) in [6.45, 7) is 2.03. The van der Waals surface area contributed by atoms with Gasteiger partial charge in [-0.1, -0.05) is 16.8 Å². The van der Waals surface area contributed by atoms with Gasteiger partial charge in [-0.2, -0.15) is 4.98 Å². The predicted octanol–water partition coefficient (Wildman–Crippen LogP) is 4.64. The molecule has 0 aliphatic rings. The van der Waals surface area contributed by atoms with E-state index in [2.05, 4.69) is 15.1 Å². The van der Waals surface area contributed by atoms with Gasteiger partial charge in [-0.15, -0.1) is 11.8 Å². The zero-order valence-corrected chi connectivity index (χ0v) is 12.8. The molecule has 0 aliphatic carbocycles. The number of rotatable bonds is 4. The third kappa shape index (κ3) is 3.43. The van der Waals surface area contributed by atoms with Crippen molar-refractivity contribution in [1.29, 1.82) is 0 Å². The lowest BCUT2D eigenvalue weighted by atomic mass is 10.3. The summed E-state index contributed by atoms with van der Waals surface area (Å²) >= 11 is 7.52. The molecule has 3 aromatic rings. The van der Waals surface area contributed by atoms with Crippen LogP contribution in [0, 0.1) is 0 Å². The molecule has 0 aliphatic heterocycles. The smallest absolute Gasteiger partial charge is 0.240 e. The highest BCUT2D eigenvalue weighted by atomic mass is 35.5. The average Bonchev–Trinajstić information content (AvgIpc) is 3.00. The van der Waals surface area contributed by atoms with Gasteiger partial charge in [-0.05, 0) is 43.3 Å². The number of hydrogen-bond donors (Lipinski definition) is 0. The fourth-order valence-electron chi connectivity index (χ4n) is 1.78. The molecule has 106 valence electrons. The van der Waals surface area contributed by atoms with E-state index in [4.69, 9.17) is 16.1 Å². The number of pyridine rings is 1. The summed E-state index contributed by atoms with van der Waals surface area (Å²) in [4.78, 5) is 9.59. The summed E-state index contributed by atoms with van der Waals surface area (Å²) in [7, 11) is 0. The largest absolute Gasteiger partial charge is 0.338 e. The maximum absolute atomic E-state index is 5.88. The first kappa shape index (κ1) is 14.1. The molecule has 1 atom stereocenters. The lowest BCUT2D eigenvalue weighted by Crippen LogP contribution is -1.89. The van der Waals surface area contributed by atoms with Crippen LogP contribution in [0.25, 0.3) is 11.4 Å². The highest BCUT2D eigenvalue weighted by Crippen LogP contribution is 2.34. The van der Waals surface area contributed by atoms with E-state index in [1.165, 1.54) is 0 Å². The van der Waals surface area contributed by atoms with Crippen LogP contribution in [-0.2, 0) is 0 Å². The number of thioether (sulfide) groups is 1. The molecule has 2 heterocycles. The third-order valence-electron chi connectivity index (χ3n) is 2.84. The molecule has 0 radical (unpaired) electrons. The molecule has 0 fully saturated rings. The summed E-state index contributed by atoms with van der Waals surface area (Å²) in [6, 6.07) is 11.4. The second-order valence-corrected chi connectivity index (χ2v) is 6.26. The van der Waals surface area contributed by atoms with E-state index < -0.39 is 0 Å². The van der Waals surface area contributed by atoms with E-state index in [-0.39, 0.29) is 5.25 Å². The minimum atomic E-state index is 0.0593. The van der Waals surface area contributed by atoms with Gasteiger partial charge in [0.25, 0.3) is 0 Å². The molecule has 6 heteroatoms. The zero-order chi connectivity index (χ0) is 14.7. The molecular formula is C15H12ClN3OS. The Morgan fingerprint density at radius 2 is 2.00 bits per heavy atom. The van der Waals surface area contributed by atoms with Crippen molar-refractivity contribution in [2.24, 2.45) is 0 Å². The summed E-state index contributed by atoms with van der Waals surface area (Å²) in [5.41, 5.74) is 0.844. The van der Waals surface area contributed by atoms with E-state index in [0.29, 0.717) is 11.7 Å². The van der Waals surface area contributed by atoms with Crippen molar-refractivity contribution in [3.63, 3.8) is 0 Å². The minimum Gasteiger partial charge on any atom is -0.338 e. The van der Waals surface area contributed by atoms with Crippen molar-refractivity contribution in [3.8, 4) is 11.4 Å². The zero-order valence-electron chi connectivity index (χ0n) is 11.2. The summed E-state index contributed by atoms with van der Waals surface area (Å²) in [6.07, 6.45) is 3.43. The highest BCUT2D eigenvalue weighted by Gasteiger charge is 2.16. The molecule has 1 aromatic carbocycles. The van der Waals surface area contributed by atoms with E-state index in [1.54, 1.807) is 24.2 Å². The molecule has 1 unspecified atom stereocenters. The molecule has 0 spiro atoms. The molecule has 0 amide bonds. The second-order valence-electron chi connectivity index (χ2n) is 4.41. The summed E-state index contributed by atoms with van der Waals surface area (Å²) < 4.78 is 5.34. The van der Waals surface area contributed by atoms with Crippen molar-refractivity contribution in [1.82, 2.24) is 15.1 Å². The number of nitrogens with zero attached hydrogens (tertiary/aromatic N) is 3. The first-order chi connectivity index (χ1) is 10.2. The number of benzene rings is 1. The van der Waals surface area contributed by atoms with Crippen LogP contribution < -0.4 is 0 Å². The van der Waals surface area contributed by atoms with Gasteiger partial charge in [0, 0.05) is 27.9 Å². The monoisotopic (exact) mass is 317 g/mol. The first-order valence-corrected chi connectivity index (χ1v) is 7.64. The Morgan fingerprint density at radius 3 is 2.71 bits per heavy atom. The SMILES string of the molecule is CC(Sc1ccc(Cl)cc1)c1nc(-c2cccnc2)no1. The molecule has 0 saturated carbocycles. The highest BCUT2D eigenvalue weighted by molar-refractivity contribution is 7.99. The average molecular weight is 318 g/mol. The van der Waals surface area contributed by atoms with Gasteiger partial charge in [0.15, 0.2) is 0 Å². The fourth-order valence-corrected chi connectivity index (χ4v) is 2.80. The van der Waals surface area contributed by atoms with Crippen LogP contribution in [0.2, 0.25) is 5.02 Å². The lowest BCUT2D eigenvalue weighted by Gasteiger charge is -2.05. The van der Waals surface area contributed by atoms with Crippen LogP contribution in [0.3, 0.4) is 0 Å². The molecule has 0 N–H and O–H groups in total. The van der Waals surface area contributed by atoms with Crippen molar-refractivity contribution in [3.05, 3.63) is 59.7 Å². The van der Waals surface area contributed by atoms with Gasteiger partial charge in [-0.25, -0.2) is 0 Å². The maximum Gasteiger partial charge on any atom is 0.240 e. The summed E-state index contributed by atoms with van der Waals surface area (Å²) in [5.74, 6) is 1.15. The normalized spacial score (nSPS) is 12.3. The van der Waals surface area contributed by atoms with Crippen LogP contribution in [-0.4, -0.2) is 15.1 Å². The fraction of sp³-hybridized carbons (Fsp3) is 0.133. The molecule has 3 rings (SSSR count). The van der Waals surface area contributed by atoms with E-state index in [0.717, 1.165) is 15.5 Å². The molecule has 4 nitrogen and oxygen atoms in total. The Morgan fingerprint density at radius 1 is 1.19 bits per heavy atom. The van der Waals surface area contributed by atoms with Crippen LogP contribution in [0.5, 0.6) is 0 Å². The van der Waals surface area contributed by atoms with Crippen molar-refractivity contribution >= 4 is 23.4 Å². The molecule has 2 aromatic heterocycles. The van der Waals surface area contributed by atoms with Gasteiger partial charge in [0.05, 0.1) is 5.25 Å². The van der Waals surface area contributed by atoms with Crippen molar-refractivity contribution in [2.75, 3.05) is 0 Å². The quantitative estimate of drug-likeness (QED) is 0.656. The van der Waals surface area contributed by atoms with Gasteiger partial charge in [-0.3, -0.25) is 4.98 Å². The molecular weight excluding hydrogens is 306 g/mol. The maximum atomic E-state index is 5.88. The Balaban J connectivity index is 1.75. The molecule has 21 heavy (non-hydrogen) atoms. The van der Waals surface area contributed by atoms with E-state index in [1.807, 2.05) is 43.3 Å². The number of aromatic nitrogens is 3. The number of hydrogen-bond acceptors (Lipinski definition) is 5. The van der Waals surface area contributed by atoms with Gasteiger partial charge < -0.3 is 4.52 Å². The topological polar surface area (TPSA) is 51.8 Å². The third-order valence-corrected chi connectivity index (χ3v) is 4.19. The lowest BCUT2D eigenvalue weighted by molar-refractivity contribution is 0.381. The van der Waals surface area contributed by atoms with E-state index in [9.17, 15) is 0 Å².